The minimum absolute atomic E-state index is 0.161. The number of Topliss-reactive ketones (excluding diaryl/α,β-unsaturated/α-hetero) is 1. The lowest BCUT2D eigenvalue weighted by Crippen LogP contribution is -2.06. The predicted octanol–water partition coefficient (Wildman–Crippen LogP) is 3.85. The minimum atomic E-state index is 0.161. The molecule has 2 nitrogen and oxygen atoms in total. The third-order valence-corrected chi connectivity index (χ3v) is 3.25. The average Bonchev–Trinajstić information content (AvgIpc) is 2.48. The summed E-state index contributed by atoms with van der Waals surface area (Å²) in [5.41, 5.74) is 2.98. The van der Waals surface area contributed by atoms with Crippen LogP contribution in [0.25, 0.3) is 0 Å². The minimum Gasteiger partial charge on any atom is -0.292 e. The highest BCUT2D eigenvalue weighted by Gasteiger charge is 2.11. The van der Waals surface area contributed by atoms with Gasteiger partial charge in [0.25, 0.3) is 0 Å². The molecule has 19 heavy (non-hydrogen) atoms. The van der Waals surface area contributed by atoms with Gasteiger partial charge in [0.2, 0.25) is 0 Å². The summed E-state index contributed by atoms with van der Waals surface area (Å²) in [4.78, 5) is 16.4. The lowest BCUT2D eigenvalue weighted by Gasteiger charge is -2.05. The molecule has 98 valence electrons. The SMILES string of the molecule is CCc1cccnc1C(=O)CCCc1ccccc1. The Labute approximate surface area is 114 Å². The van der Waals surface area contributed by atoms with Gasteiger partial charge in [0.05, 0.1) is 0 Å². The van der Waals surface area contributed by atoms with Gasteiger partial charge in [-0.05, 0) is 36.5 Å². The number of aromatic nitrogens is 1. The first-order valence-corrected chi connectivity index (χ1v) is 6.82. The van der Waals surface area contributed by atoms with Gasteiger partial charge in [-0.15, -0.1) is 0 Å². The van der Waals surface area contributed by atoms with Gasteiger partial charge in [0, 0.05) is 12.6 Å². The van der Waals surface area contributed by atoms with Crippen molar-refractivity contribution in [1.82, 2.24) is 4.98 Å². The van der Waals surface area contributed by atoms with Crippen LogP contribution in [-0.4, -0.2) is 10.8 Å². The number of pyridine rings is 1. The zero-order valence-corrected chi connectivity index (χ0v) is 11.3. The lowest BCUT2D eigenvalue weighted by molar-refractivity contribution is 0.0974. The summed E-state index contributed by atoms with van der Waals surface area (Å²) in [5, 5.41) is 0. The van der Waals surface area contributed by atoms with Crippen LogP contribution in [0.2, 0.25) is 0 Å². The first-order valence-electron chi connectivity index (χ1n) is 6.82. The molecule has 0 aliphatic rings. The number of carbonyl (C=O) groups is 1. The Bertz CT molecular complexity index is 534. The smallest absolute Gasteiger partial charge is 0.181 e. The molecule has 0 unspecified atom stereocenters. The summed E-state index contributed by atoms with van der Waals surface area (Å²) in [6.07, 6.45) is 4.94. The summed E-state index contributed by atoms with van der Waals surface area (Å²) >= 11 is 0. The van der Waals surface area contributed by atoms with Gasteiger partial charge in [0.1, 0.15) is 5.69 Å². The van der Waals surface area contributed by atoms with Gasteiger partial charge in [-0.25, -0.2) is 0 Å². The zero-order chi connectivity index (χ0) is 13.5. The van der Waals surface area contributed by atoms with Crippen LogP contribution in [0.4, 0.5) is 0 Å². The molecule has 2 aromatic rings. The summed E-state index contributed by atoms with van der Waals surface area (Å²) in [5.74, 6) is 0.161. The van der Waals surface area contributed by atoms with E-state index >= 15 is 0 Å². The molecule has 0 saturated carbocycles. The molecular formula is C17H19NO. The summed E-state index contributed by atoms with van der Waals surface area (Å²) in [7, 11) is 0. The Kier molecular flexibility index (Phi) is 4.85. The Morgan fingerprint density at radius 2 is 1.89 bits per heavy atom. The van der Waals surface area contributed by atoms with Crippen molar-refractivity contribution in [1.29, 1.82) is 0 Å². The fraction of sp³-hybridized carbons (Fsp3) is 0.294. The molecule has 0 amide bonds. The van der Waals surface area contributed by atoms with E-state index in [1.54, 1.807) is 6.20 Å². The Balaban J connectivity index is 1.91. The largest absolute Gasteiger partial charge is 0.292 e. The Morgan fingerprint density at radius 3 is 2.63 bits per heavy atom. The molecule has 1 aromatic carbocycles. The molecular weight excluding hydrogens is 234 g/mol. The second-order valence-electron chi connectivity index (χ2n) is 4.63. The molecule has 0 aliphatic heterocycles. The molecule has 0 saturated heterocycles. The number of carbonyl (C=O) groups excluding carboxylic acids is 1. The molecule has 0 atom stereocenters. The molecule has 1 aromatic heterocycles. The number of rotatable bonds is 6. The molecule has 0 spiro atoms. The van der Waals surface area contributed by atoms with E-state index in [1.165, 1.54) is 5.56 Å². The van der Waals surface area contributed by atoms with Crippen molar-refractivity contribution in [2.24, 2.45) is 0 Å². The zero-order valence-electron chi connectivity index (χ0n) is 11.3. The first-order chi connectivity index (χ1) is 9.31. The molecule has 0 aliphatic carbocycles. The number of ketones is 1. The van der Waals surface area contributed by atoms with Crippen LogP contribution in [-0.2, 0) is 12.8 Å². The molecule has 0 fully saturated rings. The molecule has 1 heterocycles. The lowest BCUT2D eigenvalue weighted by atomic mass is 10.0. The van der Waals surface area contributed by atoms with E-state index in [-0.39, 0.29) is 5.78 Å². The van der Waals surface area contributed by atoms with E-state index in [9.17, 15) is 4.79 Å². The van der Waals surface area contributed by atoms with Crippen molar-refractivity contribution in [3.63, 3.8) is 0 Å². The molecule has 0 bridgehead atoms. The molecule has 2 rings (SSSR count). The van der Waals surface area contributed by atoms with Gasteiger partial charge in [0.15, 0.2) is 5.78 Å². The highest BCUT2D eigenvalue weighted by atomic mass is 16.1. The Morgan fingerprint density at radius 1 is 1.11 bits per heavy atom. The standard InChI is InChI=1S/C17H19NO/c1-2-15-11-7-13-18-17(15)16(19)12-6-10-14-8-4-3-5-9-14/h3-5,7-9,11,13H,2,6,10,12H2,1H3. The highest BCUT2D eigenvalue weighted by molar-refractivity contribution is 5.95. The number of aryl methyl sites for hydroxylation is 2. The number of hydrogen-bond acceptors (Lipinski definition) is 2. The van der Waals surface area contributed by atoms with Gasteiger partial charge in [-0.3, -0.25) is 9.78 Å². The van der Waals surface area contributed by atoms with E-state index < -0.39 is 0 Å². The third-order valence-electron chi connectivity index (χ3n) is 3.25. The van der Waals surface area contributed by atoms with E-state index in [0.29, 0.717) is 12.1 Å². The molecule has 0 N–H and O–H groups in total. The summed E-state index contributed by atoms with van der Waals surface area (Å²) in [6, 6.07) is 14.1. The van der Waals surface area contributed by atoms with Crippen LogP contribution >= 0.6 is 0 Å². The van der Waals surface area contributed by atoms with Crippen molar-refractivity contribution in [2.45, 2.75) is 32.6 Å². The van der Waals surface area contributed by atoms with Gasteiger partial charge < -0.3 is 0 Å². The van der Waals surface area contributed by atoms with Crippen molar-refractivity contribution in [3.8, 4) is 0 Å². The predicted molar refractivity (Wildman–Crippen MR) is 77.3 cm³/mol. The van der Waals surface area contributed by atoms with Crippen LogP contribution in [0.1, 0.15) is 41.4 Å². The van der Waals surface area contributed by atoms with Crippen molar-refractivity contribution in [2.75, 3.05) is 0 Å². The van der Waals surface area contributed by atoms with Gasteiger partial charge in [-0.2, -0.15) is 0 Å². The summed E-state index contributed by atoms with van der Waals surface area (Å²) in [6.45, 7) is 2.05. The maximum atomic E-state index is 12.2. The van der Waals surface area contributed by atoms with Crippen LogP contribution in [0.15, 0.2) is 48.7 Å². The van der Waals surface area contributed by atoms with Crippen LogP contribution in [0.3, 0.4) is 0 Å². The fourth-order valence-corrected chi connectivity index (χ4v) is 2.19. The molecule has 2 heteroatoms. The van der Waals surface area contributed by atoms with E-state index in [0.717, 1.165) is 24.8 Å². The topological polar surface area (TPSA) is 30.0 Å². The van der Waals surface area contributed by atoms with Crippen LogP contribution < -0.4 is 0 Å². The highest BCUT2D eigenvalue weighted by Crippen LogP contribution is 2.12. The van der Waals surface area contributed by atoms with E-state index in [1.807, 2.05) is 30.3 Å². The third kappa shape index (κ3) is 3.75. The number of nitrogens with zero attached hydrogens (tertiary/aromatic N) is 1. The van der Waals surface area contributed by atoms with Crippen molar-refractivity contribution >= 4 is 5.78 Å². The monoisotopic (exact) mass is 253 g/mol. The normalized spacial score (nSPS) is 10.4. The summed E-state index contributed by atoms with van der Waals surface area (Å²) < 4.78 is 0. The first kappa shape index (κ1) is 13.5. The maximum Gasteiger partial charge on any atom is 0.181 e. The second-order valence-corrected chi connectivity index (χ2v) is 4.63. The van der Waals surface area contributed by atoms with Crippen molar-refractivity contribution in [3.05, 3.63) is 65.5 Å². The quantitative estimate of drug-likeness (QED) is 0.732. The van der Waals surface area contributed by atoms with E-state index in [4.69, 9.17) is 0 Å². The Hall–Kier alpha value is -1.96. The number of benzene rings is 1. The van der Waals surface area contributed by atoms with Crippen LogP contribution in [0.5, 0.6) is 0 Å². The number of hydrogen-bond donors (Lipinski definition) is 0. The van der Waals surface area contributed by atoms with E-state index in [2.05, 4.69) is 24.0 Å². The second kappa shape index (κ2) is 6.83. The molecule has 0 radical (unpaired) electrons. The maximum absolute atomic E-state index is 12.2. The van der Waals surface area contributed by atoms with Gasteiger partial charge >= 0.3 is 0 Å². The average molecular weight is 253 g/mol. The van der Waals surface area contributed by atoms with Crippen LogP contribution in [0, 0.1) is 0 Å². The van der Waals surface area contributed by atoms with Crippen molar-refractivity contribution < 1.29 is 4.79 Å². The van der Waals surface area contributed by atoms with Gasteiger partial charge in [-0.1, -0.05) is 43.3 Å². The fourth-order valence-electron chi connectivity index (χ4n) is 2.19.